The first-order valence-electron chi connectivity index (χ1n) is 9.28. The van der Waals surface area contributed by atoms with Crippen LogP contribution in [0.2, 0.25) is 0 Å². The summed E-state index contributed by atoms with van der Waals surface area (Å²) in [5.41, 5.74) is 1.21. The molecule has 4 nitrogen and oxygen atoms in total. The van der Waals surface area contributed by atoms with Crippen molar-refractivity contribution in [2.45, 2.75) is 38.3 Å². The SMILES string of the molecule is C[C@@H]1C[C@@H]1C(=O)N[C@H](CN(C)C1CCN(C)CC1)c1ccccc1. The highest BCUT2D eigenvalue weighted by Gasteiger charge is 2.40. The van der Waals surface area contributed by atoms with Crippen LogP contribution in [0.1, 0.15) is 37.8 Å². The average Bonchev–Trinajstić information content (AvgIpc) is 3.32. The van der Waals surface area contributed by atoms with Crippen molar-refractivity contribution < 1.29 is 4.79 Å². The lowest BCUT2D eigenvalue weighted by Crippen LogP contribution is -2.45. The van der Waals surface area contributed by atoms with Gasteiger partial charge >= 0.3 is 0 Å². The number of rotatable bonds is 6. The second-order valence-electron chi connectivity index (χ2n) is 7.77. The minimum atomic E-state index is 0.0798. The van der Waals surface area contributed by atoms with Crippen LogP contribution in [0.5, 0.6) is 0 Å². The first kappa shape index (κ1) is 17.4. The van der Waals surface area contributed by atoms with E-state index in [-0.39, 0.29) is 17.9 Å². The molecule has 1 aliphatic heterocycles. The third-order valence-corrected chi connectivity index (χ3v) is 5.75. The van der Waals surface area contributed by atoms with Gasteiger partial charge < -0.3 is 15.1 Å². The van der Waals surface area contributed by atoms with Crippen LogP contribution in [-0.4, -0.2) is 55.5 Å². The summed E-state index contributed by atoms with van der Waals surface area (Å²) in [4.78, 5) is 17.3. The molecule has 132 valence electrons. The molecule has 1 amide bonds. The Morgan fingerprint density at radius 3 is 2.50 bits per heavy atom. The maximum atomic E-state index is 12.5. The van der Waals surface area contributed by atoms with E-state index in [2.05, 4.69) is 60.4 Å². The minimum absolute atomic E-state index is 0.0798. The molecule has 1 aromatic rings. The first-order valence-corrected chi connectivity index (χ1v) is 9.28. The zero-order valence-corrected chi connectivity index (χ0v) is 15.2. The molecule has 1 aliphatic carbocycles. The van der Waals surface area contributed by atoms with Crippen molar-refractivity contribution >= 4 is 5.91 Å². The lowest BCUT2D eigenvalue weighted by atomic mass is 10.0. The summed E-state index contributed by atoms with van der Waals surface area (Å²) < 4.78 is 0. The average molecular weight is 329 g/mol. The number of piperidine rings is 1. The highest BCUT2D eigenvalue weighted by Crippen LogP contribution is 2.38. The normalized spacial score (nSPS) is 26.3. The quantitative estimate of drug-likeness (QED) is 0.871. The van der Waals surface area contributed by atoms with Crippen LogP contribution in [0.15, 0.2) is 30.3 Å². The van der Waals surface area contributed by atoms with Crippen molar-refractivity contribution in [1.82, 2.24) is 15.1 Å². The summed E-state index contributed by atoms with van der Waals surface area (Å²) in [7, 11) is 4.40. The molecule has 1 saturated carbocycles. The van der Waals surface area contributed by atoms with E-state index >= 15 is 0 Å². The monoisotopic (exact) mass is 329 g/mol. The molecule has 3 atom stereocenters. The standard InChI is InChI=1S/C20H31N3O/c1-15-13-18(15)20(24)21-19(16-7-5-4-6-8-16)14-23(3)17-9-11-22(2)12-10-17/h4-8,15,17-19H,9-14H2,1-3H3,(H,21,24)/t15-,18+,19-/m1/s1. The Labute approximate surface area is 146 Å². The Hall–Kier alpha value is -1.39. The number of benzene rings is 1. The van der Waals surface area contributed by atoms with Gasteiger partial charge in [-0.1, -0.05) is 37.3 Å². The molecule has 2 aliphatic rings. The van der Waals surface area contributed by atoms with Gasteiger partial charge in [0.1, 0.15) is 0 Å². The van der Waals surface area contributed by atoms with E-state index in [0.29, 0.717) is 12.0 Å². The molecular weight excluding hydrogens is 298 g/mol. The number of carbonyl (C=O) groups excluding carboxylic acids is 1. The molecule has 2 fully saturated rings. The Bertz CT molecular complexity index is 539. The topological polar surface area (TPSA) is 35.6 Å². The van der Waals surface area contributed by atoms with Crippen LogP contribution in [0.4, 0.5) is 0 Å². The predicted octanol–water partition coefficient (Wildman–Crippen LogP) is 2.53. The molecular formula is C20H31N3O. The third kappa shape index (κ3) is 4.37. The van der Waals surface area contributed by atoms with Crippen LogP contribution in [0.3, 0.4) is 0 Å². The lowest BCUT2D eigenvalue weighted by molar-refractivity contribution is -0.123. The van der Waals surface area contributed by atoms with Crippen LogP contribution < -0.4 is 5.32 Å². The maximum Gasteiger partial charge on any atom is 0.223 e. The van der Waals surface area contributed by atoms with Crippen LogP contribution in [0.25, 0.3) is 0 Å². The van der Waals surface area contributed by atoms with Crippen molar-refractivity contribution in [3.8, 4) is 0 Å². The van der Waals surface area contributed by atoms with Gasteiger partial charge in [0.2, 0.25) is 5.91 Å². The largest absolute Gasteiger partial charge is 0.348 e. The molecule has 0 aromatic heterocycles. The molecule has 0 unspecified atom stereocenters. The number of nitrogens with zero attached hydrogens (tertiary/aromatic N) is 2. The maximum absolute atomic E-state index is 12.5. The molecule has 1 aromatic carbocycles. The number of hydrogen-bond acceptors (Lipinski definition) is 3. The van der Waals surface area contributed by atoms with Crippen molar-refractivity contribution in [2.24, 2.45) is 11.8 Å². The minimum Gasteiger partial charge on any atom is -0.348 e. The highest BCUT2D eigenvalue weighted by atomic mass is 16.2. The molecule has 24 heavy (non-hydrogen) atoms. The fraction of sp³-hybridized carbons (Fsp3) is 0.650. The van der Waals surface area contributed by atoms with Gasteiger partial charge in [-0.05, 0) is 57.9 Å². The van der Waals surface area contributed by atoms with E-state index in [9.17, 15) is 4.79 Å². The van der Waals surface area contributed by atoms with Crippen LogP contribution in [-0.2, 0) is 4.79 Å². The van der Waals surface area contributed by atoms with Gasteiger partial charge in [0.15, 0.2) is 0 Å². The number of carbonyl (C=O) groups is 1. The molecule has 0 spiro atoms. The van der Waals surface area contributed by atoms with Crippen molar-refractivity contribution in [2.75, 3.05) is 33.7 Å². The number of hydrogen-bond donors (Lipinski definition) is 1. The van der Waals surface area contributed by atoms with Crippen molar-refractivity contribution in [1.29, 1.82) is 0 Å². The number of likely N-dealkylation sites (N-methyl/N-ethyl adjacent to an activating group) is 1. The van der Waals surface area contributed by atoms with Gasteiger partial charge in [-0.15, -0.1) is 0 Å². The Kier molecular flexibility index (Phi) is 5.57. The van der Waals surface area contributed by atoms with Gasteiger partial charge in [0, 0.05) is 18.5 Å². The second kappa shape index (κ2) is 7.66. The van der Waals surface area contributed by atoms with Crippen LogP contribution in [0, 0.1) is 11.8 Å². The van der Waals surface area contributed by atoms with Gasteiger partial charge in [-0.25, -0.2) is 0 Å². The van der Waals surface area contributed by atoms with Crippen LogP contribution >= 0.6 is 0 Å². The molecule has 0 radical (unpaired) electrons. The second-order valence-corrected chi connectivity index (χ2v) is 7.77. The number of nitrogens with one attached hydrogen (secondary N) is 1. The lowest BCUT2D eigenvalue weighted by Gasteiger charge is -2.37. The van der Waals surface area contributed by atoms with Gasteiger partial charge in [0.25, 0.3) is 0 Å². The summed E-state index contributed by atoms with van der Waals surface area (Å²) in [5.74, 6) is 1.01. The zero-order chi connectivity index (χ0) is 17.1. The summed E-state index contributed by atoms with van der Waals surface area (Å²) >= 11 is 0. The fourth-order valence-corrected chi connectivity index (χ4v) is 3.76. The summed E-state index contributed by atoms with van der Waals surface area (Å²) in [6.07, 6.45) is 3.46. The third-order valence-electron chi connectivity index (χ3n) is 5.75. The van der Waals surface area contributed by atoms with E-state index in [0.717, 1.165) is 26.1 Å². The zero-order valence-electron chi connectivity index (χ0n) is 15.2. The van der Waals surface area contributed by atoms with Gasteiger partial charge in [-0.3, -0.25) is 4.79 Å². The Morgan fingerprint density at radius 1 is 1.29 bits per heavy atom. The smallest absolute Gasteiger partial charge is 0.223 e. The summed E-state index contributed by atoms with van der Waals surface area (Å²) in [5, 5.41) is 3.31. The number of likely N-dealkylation sites (tertiary alicyclic amines) is 1. The van der Waals surface area contributed by atoms with Gasteiger partial charge in [0.05, 0.1) is 6.04 Å². The van der Waals surface area contributed by atoms with E-state index in [1.807, 2.05) is 6.07 Å². The molecule has 1 saturated heterocycles. The predicted molar refractivity (Wildman–Crippen MR) is 97.7 cm³/mol. The van der Waals surface area contributed by atoms with E-state index in [4.69, 9.17) is 0 Å². The van der Waals surface area contributed by atoms with Crippen molar-refractivity contribution in [3.63, 3.8) is 0 Å². The van der Waals surface area contributed by atoms with E-state index in [1.165, 1.54) is 18.4 Å². The molecule has 3 rings (SSSR count). The van der Waals surface area contributed by atoms with E-state index < -0.39 is 0 Å². The van der Waals surface area contributed by atoms with E-state index in [1.54, 1.807) is 0 Å². The first-order chi connectivity index (χ1) is 11.5. The Morgan fingerprint density at radius 2 is 1.92 bits per heavy atom. The number of amides is 1. The van der Waals surface area contributed by atoms with Gasteiger partial charge in [-0.2, -0.15) is 0 Å². The highest BCUT2D eigenvalue weighted by molar-refractivity contribution is 5.81. The van der Waals surface area contributed by atoms with Crippen molar-refractivity contribution in [3.05, 3.63) is 35.9 Å². The summed E-state index contributed by atoms with van der Waals surface area (Å²) in [6, 6.07) is 11.1. The molecule has 4 heteroatoms. The Balaban J connectivity index is 1.64. The molecule has 0 bridgehead atoms. The molecule has 1 heterocycles. The summed E-state index contributed by atoms with van der Waals surface area (Å²) in [6.45, 7) is 5.37. The fourth-order valence-electron chi connectivity index (χ4n) is 3.76. The molecule has 1 N–H and O–H groups in total.